The topological polar surface area (TPSA) is 66.4 Å². The number of hydrogen-bond acceptors (Lipinski definition) is 3. The molecular formula is C15H13F2NO3S. The summed E-state index contributed by atoms with van der Waals surface area (Å²) in [4.78, 5) is -0.386. The summed E-state index contributed by atoms with van der Waals surface area (Å²) in [6.45, 7) is 0. The van der Waals surface area contributed by atoms with Gasteiger partial charge in [-0.3, -0.25) is 0 Å². The van der Waals surface area contributed by atoms with Gasteiger partial charge in [-0.2, -0.15) is 0 Å². The van der Waals surface area contributed by atoms with Crippen molar-refractivity contribution >= 4 is 10.0 Å². The summed E-state index contributed by atoms with van der Waals surface area (Å²) in [5.74, 6) is -2.36. The molecule has 1 aliphatic rings. The van der Waals surface area contributed by atoms with Crippen molar-refractivity contribution in [2.45, 2.75) is 23.5 Å². The predicted octanol–water partition coefficient (Wildman–Crippen LogP) is 1.90. The van der Waals surface area contributed by atoms with Crippen LogP contribution < -0.4 is 4.72 Å². The average molecular weight is 325 g/mol. The Labute approximate surface area is 126 Å². The highest BCUT2D eigenvalue weighted by atomic mass is 32.2. The van der Waals surface area contributed by atoms with E-state index in [0.717, 1.165) is 17.7 Å². The molecule has 1 aliphatic carbocycles. The smallest absolute Gasteiger partial charge is 0.241 e. The van der Waals surface area contributed by atoms with Gasteiger partial charge in [-0.25, -0.2) is 21.9 Å². The van der Waals surface area contributed by atoms with Gasteiger partial charge < -0.3 is 5.11 Å². The molecule has 0 aromatic heterocycles. The molecule has 2 N–H and O–H groups in total. The van der Waals surface area contributed by atoms with E-state index in [2.05, 4.69) is 4.72 Å². The van der Waals surface area contributed by atoms with Crippen LogP contribution in [0.5, 0.6) is 0 Å². The van der Waals surface area contributed by atoms with E-state index in [0.29, 0.717) is 18.1 Å². The number of sulfonamides is 1. The van der Waals surface area contributed by atoms with Crippen molar-refractivity contribution in [1.29, 1.82) is 0 Å². The molecule has 2 atom stereocenters. The molecule has 0 saturated heterocycles. The van der Waals surface area contributed by atoms with E-state index in [1.54, 1.807) is 18.2 Å². The highest BCUT2D eigenvalue weighted by Gasteiger charge is 2.34. The maximum atomic E-state index is 13.2. The summed E-state index contributed by atoms with van der Waals surface area (Å²) in [5.41, 5.74) is 1.54. The lowest BCUT2D eigenvalue weighted by atomic mass is 10.1. The van der Waals surface area contributed by atoms with Crippen LogP contribution in [0.4, 0.5) is 8.78 Å². The van der Waals surface area contributed by atoms with Crippen molar-refractivity contribution in [3.05, 3.63) is 65.2 Å². The van der Waals surface area contributed by atoms with Gasteiger partial charge in [0.2, 0.25) is 10.0 Å². The Morgan fingerprint density at radius 1 is 1.09 bits per heavy atom. The third-order valence-electron chi connectivity index (χ3n) is 3.69. The Morgan fingerprint density at radius 3 is 2.55 bits per heavy atom. The molecule has 0 radical (unpaired) electrons. The second-order valence-corrected chi connectivity index (χ2v) is 6.86. The molecule has 3 rings (SSSR count). The number of benzene rings is 2. The molecule has 2 aromatic carbocycles. The highest BCUT2D eigenvalue weighted by Crippen LogP contribution is 2.32. The minimum absolute atomic E-state index is 0.334. The maximum absolute atomic E-state index is 13.2. The summed E-state index contributed by atoms with van der Waals surface area (Å²) >= 11 is 0. The lowest BCUT2D eigenvalue weighted by molar-refractivity contribution is 0.151. The first-order valence-electron chi connectivity index (χ1n) is 6.62. The fraction of sp³-hybridized carbons (Fsp3) is 0.200. The third-order valence-corrected chi connectivity index (χ3v) is 5.13. The van der Waals surface area contributed by atoms with Crippen LogP contribution in [0.3, 0.4) is 0 Å². The monoisotopic (exact) mass is 325 g/mol. The van der Waals surface area contributed by atoms with Crippen LogP contribution >= 0.6 is 0 Å². The van der Waals surface area contributed by atoms with Gasteiger partial charge in [0, 0.05) is 6.42 Å². The van der Waals surface area contributed by atoms with Gasteiger partial charge in [0.05, 0.1) is 17.0 Å². The van der Waals surface area contributed by atoms with Crippen molar-refractivity contribution in [3.63, 3.8) is 0 Å². The van der Waals surface area contributed by atoms with Gasteiger partial charge in [0.1, 0.15) is 0 Å². The minimum Gasteiger partial charge on any atom is -0.391 e. The summed E-state index contributed by atoms with van der Waals surface area (Å²) in [5, 5.41) is 10.1. The van der Waals surface area contributed by atoms with Gasteiger partial charge in [0.15, 0.2) is 11.6 Å². The molecule has 22 heavy (non-hydrogen) atoms. The van der Waals surface area contributed by atoms with Crippen molar-refractivity contribution in [2.75, 3.05) is 0 Å². The molecule has 2 aromatic rings. The Hall–Kier alpha value is -1.83. The van der Waals surface area contributed by atoms with E-state index in [1.807, 2.05) is 6.07 Å². The molecule has 0 spiro atoms. The lowest BCUT2D eigenvalue weighted by Gasteiger charge is -2.18. The number of aliphatic hydroxyl groups excluding tert-OH is 1. The number of hydrogen-bond donors (Lipinski definition) is 2. The molecule has 0 bridgehead atoms. The fourth-order valence-electron chi connectivity index (χ4n) is 2.60. The van der Waals surface area contributed by atoms with Crippen molar-refractivity contribution in [1.82, 2.24) is 4.72 Å². The Bertz CT molecular complexity index is 823. The van der Waals surface area contributed by atoms with Crippen LogP contribution in [0.1, 0.15) is 17.2 Å². The van der Waals surface area contributed by atoms with Crippen LogP contribution in [0.2, 0.25) is 0 Å². The molecule has 4 nitrogen and oxygen atoms in total. The van der Waals surface area contributed by atoms with E-state index in [9.17, 15) is 22.3 Å². The minimum atomic E-state index is -4.08. The summed E-state index contributed by atoms with van der Waals surface area (Å²) < 4.78 is 53.1. The number of fused-ring (bicyclic) bond motifs is 1. The van der Waals surface area contributed by atoms with Crippen LogP contribution in [0.25, 0.3) is 0 Å². The third kappa shape index (κ3) is 2.63. The molecule has 0 amide bonds. The first kappa shape index (κ1) is 15.1. The van der Waals surface area contributed by atoms with E-state index in [4.69, 9.17) is 0 Å². The van der Waals surface area contributed by atoms with E-state index >= 15 is 0 Å². The van der Waals surface area contributed by atoms with E-state index in [1.165, 1.54) is 0 Å². The predicted molar refractivity (Wildman–Crippen MR) is 75.6 cm³/mol. The Morgan fingerprint density at radius 2 is 1.82 bits per heavy atom. The van der Waals surface area contributed by atoms with Crippen molar-refractivity contribution < 1.29 is 22.3 Å². The maximum Gasteiger partial charge on any atom is 0.241 e. The first-order valence-corrected chi connectivity index (χ1v) is 8.10. The van der Waals surface area contributed by atoms with Gasteiger partial charge >= 0.3 is 0 Å². The molecule has 0 unspecified atom stereocenters. The zero-order valence-corrected chi connectivity index (χ0v) is 12.1. The Balaban J connectivity index is 1.93. The highest BCUT2D eigenvalue weighted by molar-refractivity contribution is 7.89. The SMILES string of the molecule is O=S(=O)(N[C@H]1c2ccccc2C[C@H]1O)c1ccc(F)c(F)c1. The standard InChI is InChI=1S/C15H13F2NO3S/c16-12-6-5-10(8-13(12)17)22(20,21)18-15-11-4-2-1-3-9(11)7-14(15)19/h1-6,8,14-15,18-19H,7H2/t14-,15+/m1/s1. The molecular weight excluding hydrogens is 312 g/mol. The Kier molecular flexibility index (Phi) is 3.72. The van der Waals surface area contributed by atoms with Gasteiger partial charge in [-0.05, 0) is 29.3 Å². The van der Waals surface area contributed by atoms with Crippen LogP contribution in [-0.2, 0) is 16.4 Å². The molecule has 0 aliphatic heterocycles. The molecule has 116 valence electrons. The zero-order valence-electron chi connectivity index (χ0n) is 11.3. The van der Waals surface area contributed by atoms with Crippen LogP contribution in [0.15, 0.2) is 47.4 Å². The van der Waals surface area contributed by atoms with Gasteiger partial charge in [0.25, 0.3) is 0 Å². The largest absolute Gasteiger partial charge is 0.391 e. The van der Waals surface area contributed by atoms with Gasteiger partial charge in [-0.15, -0.1) is 0 Å². The quantitative estimate of drug-likeness (QED) is 0.906. The second kappa shape index (κ2) is 5.42. The normalized spacial score (nSPS) is 20.9. The molecule has 0 saturated carbocycles. The molecule has 0 fully saturated rings. The number of aliphatic hydroxyl groups is 1. The van der Waals surface area contributed by atoms with Crippen LogP contribution in [-0.4, -0.2) is 19.6 Å². The summed E-state index contributed by atoms with van der Waals surface area (Å²) in [6.07, 6.45) is -0.571. The summed E-state index contributed by atoms with van der Waals surface area (Å²) in [7, 11) is -4.08. The van der Waals surface area contributed by atoms with E-state index < -0.39 is 33.8 Å². The number of nitrogens with one attached hydrogen (secondary N) is 1. The average Bonchev–Trinajstić information content (AvgIpc) is 2.78. The summed E-state index contributed by atoms with van der Waals surface area (Å²) in [6, 6.07) is 8.62. The lowest BCUT2D eigenvalue weighted by Crippen LogP contribution is -2.34. The van der Waals surface area contributed by atoms with Crippen molar-refractivity contribution in [3.8, 4) is 0 Å². The first-order chi connectivity index (χ1) is 10.4. The number of rotatable bonds is 3. The van der Waals surface area contributed by atoms with Crippen LogP contribution in [0, 0.1) is 11.6 Å². The molecule has 7 heteroatoms. The molecule has 0 heterocycles. The van der Waals surface area contributed by atoms with Crippen molar-refractivity contribution in [2.24, 2.45) is 0 Å². The number of halogens is 2. The zero-order chi connectivity index (χ0) is 15.9. The van der Waals surface area contributed by atoms with Gasteiger partial charge in [-0.1, -0.05) is 24.3 Å². The fourth-order valence-corrected chi connectivity index (χ4v) is 3.86. The van der Waals surface area contributed by atoms with E-state index in [-0.39, 0.29) is 4.90 Å². The second-order valence-electron chi connectivity index (χ2n) is 5.15.